The van der Waals surface area contributed by atoms with Crippen LogP contribution in [-0.4, -0.2) is 27.9 Å². The van der Waals surface area contributed by atoms with E-state index >= 15 is 0 Å². The number of hydrogen-bond donors (Lipinski definition) is 1. The largest absolute Gasteiger partial charge is 0.316 e. The van der Waals surface area contributed by atoms with E-state index in [2.05, 4.69) is 40.9 Å². The first kappa shape index (κ1) is 14.5. The van der Waals surface area contributed by atoms with E-state index in [0.717, 1.165) is 26.1 Å². The summed E-state index contributed by atoms with van der Waals surface area (Å²) in [5.41, 5.74) is 0.414. The minimum Gasteiger partial charge on any atom is -0.316 e. The lowest BCUT2D eigenvalue weighted by molar-refractivity contribution is 0.267. The Morgan fingerprint density at radius 1 is 1.37 bits per heavy atom. The highest BCUT2D eigenvalue weighted by atomic mass is 15.3. The third-order valence-electron chi connectivity index (χ3n) is 4.18. The molecule has 108 valence electrons. The zero-order chi connectivity index (χ0) is 13.7. The summed E-state index contributed by atoms with van der Waals surface area (Å²) in [5, 5.41) is 7.94. The zero-order valence-corrected chi connectivity index (χ0v) is 12.7. The van der Waals surface area contributed by atoms with Gasteiger partial charge >= 0.3 is 0 Å². The minimum atomic E-state index is 0.414. The van der Waals surface area contributed by atoms with Crippen LogP contribution in [0.15, 0.2) is 6.33 Å². The summed E-state index contributed by atoms with van der Waals surface area (Å²) >= 11 is 0. The average Bonchev–Trinajstić information content (AvgIpc) is 2.98. The summed E-state index contributed by atoms with van der Waals surface area (Å²) in [6, 6.07) is 0. The van der Waals surface area contributed by atoms with Gasteiger partial charge in [0.2, 0.25) is 0 Å². The van der Waals surface area contributed by atoms with Crippen molar-refractivity contribution in [2.24, 2.45) is 11.3 Å². The molecular formula is C15H28N4. The molecule has 1 N–H and O–H groups in total. The average molecular weight is 264 g/mol. The maximum absolute atomic E-state index is 4.51. The van der Waals surface area contributed by atoms with Crippen LogP contribution in [0.1, 0.15) is 52.3 Å². The first-order chi connectivity index (χ1) is 9.15. The van der Waals surface area contributed by atoms with Gasteiger partial charge in [-0.25, -0.2) is 9.67 Å². The molecule has 0 saturated heterocycles. The highest BCUT2D eigenvalue weighted by molar-refractivity contribution is 4.97. The Kier molecular flexibility index (Phi) is 4.97. The molecule has 1 saturated carbocycles. The Balaban J connectivity index is 2.06. The first-order valence-corrected chi connectivity index (χ1v) is 7.72. The maximum atomic E-state index is 4.51. The van der Waals surface area contributed by atoms with E-state index in [-0.39, 0.29) is 0 Å². The van der Waals surface area contributed by atoms with Crippen molar-refractivity contribution in [3.05, 3.63) is 12.2 Å². The molecule has 0 spiro atoms. The molecule has 1 aromatic heterocycles. The Morgan fingerprint density at radius 2 is 2.11 bits per heavy atom. The summed E-state index contributed by atoms with van der Waals surface area (Å²) in [6.07, 6.45) is 8.18. The SMILES string of the molecule is CCNCC1(Cc2ncnn2CC(C)C)CCCC1. The van der Waals surface area contributed by atoms with Gasteiger partial charge in [-0.3, -0.25) is 0 Å². The fourth-order valence-corrected chi connectivity index (χ4v) is 3.19. The van der Waals surface area contributed by atoms with Crippen molar-refractivity contribution in [1.29, 1.82) is 0 Å². The highest BCUT2D eigenvalue weighted by Crippen LogP contribution is 2.40. The van der Waals surface area contributed by atoms with Crippen LogP contribution >= 0.6 is 0 Å². The van der Waals surface area contributed by atoms with Crippen LogP contribution in [0.5, 0.6) is 0 Å². The third kappa shape index (κ3) is 3.78. The summed E-state index contributed by atoms with van der Waals surface area (Å²) in [6.45, 7) is 9.81. The molecule has 0 unspecified atom stereocenters. The highest BCUT2D eigenvalue weighted by Gasteiger charge is 2.35. The van der Waals surface area contributed by atoms with E-state index in [4.69, 9.17) is 0 Å². The monoisotopic (exact) mass is 264 g/mol. The van der Waals surface area contributed by atoms with Gasteiger partial charge in [0.25, 0.3) is 0 Å². The van der Waals surface area contributed by atoms with Gasteiger partial charge in [0.15, 0.2) is 0 Å². The minimum absolute atomic E-state index is 0.414. The smallest absolute Gasteiger partial charge is 0.138 e. The number of rotatable bonds is 7. The molecule has 1 fully saturated rings. The van der Waals surface area contributed by atoms with E-state index in [0.29, 0.717) is 11.3 Å². The quantitative estimate of drug-likeness (QED) is 0.823. The lowest BCUT2D eigenvalue weighted by atomic mass is 9.82. The van der Waals surface area contributed by atoms with Crippen LogP contribution < -0.4 is 5.32 Å². The predicted octanol–water partition coefficient (Wildman–Crippen LogP) is 2.65. The maximum Gasteiger partial charge on any atom is 0.138 e. The van der Waals surface area contributed by atoms with Crippen molar-refractivity contribution in [2.45, 2.75) is 59.4 Å². The Labute approximate surface area is 117 Å². The van der Waals surface area contributed by atoms with Gasteiger partial charge in [-0.05, 0) is 30.7 Å². The molecular weight excluding hydrogens is 236 g/mol. The number of hydrogen-bond acceptors (Lipinski definition) is 3. The van der Waals surface area contributed by atoms with Crippen LogP contribution in [0, 0.1) is 11.3 Å². The molecule has 0 atom stereocenters. The van der Waals surface area contributed by atoms with Crippen LogP contribution in [0.3, 0.4) is 0 Å². The number of nitrogens with one attached hydrogen (secondary N) is 1. The Morgan fingerprint density at radius 3 is 2.74 bits per heavy atom. The van der Waals surface area contributed by atoms with Crippen LogP contribution in [0.2, 0.25) is 0 Å². The second-order valence-electron chi connectivity index (χ2n) is 6.42. The molecule has 0 aliphatic heterocycles. The topological polar surface area (TPSA) is 42.7 Å². The van der Waals surface area contributed by atoms with Crippen molar-refractivity contribution in [3.8, 4) is 0 Å². The number of nitrogens with zero attached hydrogens (tertiary/aromatic N) is 3. The molecule has 4 nitrogen and oxygen atoms in total. The Bertz CT molecular complexity index is 377. The summed E-state index contributed by atoms with van der Waals surface area (Å²) in [4.78, 5) is 4.51. The molecule has 19 heavy (non-hydrogen) atoms. The second kappa shape index (κ2) is 6.51. The van der Waals surface area contributed by atoms with E-state index in [1.807, 2.05) is 0 Å². The lowest BCUT2D eigenvalue weighted by Crippen LogP contribution is -2.35. The zero-order valence-electron chi connectivity index (χ0n) is 12.7. The van der Waals surface area contributed by atoms with Gasteiger partial charge in [0, 0.05) is 19.5 Å². The molecule has 1 aliphatic carbocycles. The summed E-state index contributed by atoms with van der Waals surface area (Å²) < 4.78 is 2.11. The standard InChI is InChI=1S/C15H28N4/c1-4-16-11-15(7-5-6-8-15)9-14-17-12-18-19(14)10-13(2)3/h12-13,16H,4-11H2,1-3H3. The molecule has 0 radical (unpaired) electrons. The molecule has 0 amide bonds. The molecule has 0 aromatic carbocycles. The molecule has 1 heterocycles. The van der Waals surface area contributed by atoms with Crippen molar-refractivity contribution >= 4 is 0 Å². The van der Waals surface area contributed by atoms with Gasteiger partial charge in [-0.1, -0.05) is 33.6 Å². The van der Waals surface area contributed by atoms with E-state index in [1.165, 1.54) is 31.5 Å². The lowest BCUT2D eigenvalue weighted by Gasteiger charge is -2.29. The fraction of sp³-hybridized carbons (Fsp3) is 0.867. The van der Waals surface area contributed by atoms with Crippen molar-refractivity contribution in [2.75, 3.05) is 13.1 Å². The van der Waals surface area contributed by atoms with Crippen LogP contribution in [-0.2, 0) is 13.0 Å². The van der Waals surface area contributed by atoms with E-state index in [1.54, 1.807) is 6.33 Å². The van der Waals surface area contributed by atoms with Crippen LogP contribution in [0.25, 0.3) is 0 Å². The summed E-state index contributed by atoms with van der Waals surface area (Å²) in [7, 11) is 0. The van der Waals surface area contributed by atoms with Gasteiger partial charge in [-0.15, -0.1) is 0 Å². The fourth-order valence-electron chi connectivity index (χ4n) is 3.19. The second-order valence-corrected chi connectivity index (χ2v) is 6.42. The summed E-state index contributed by atoms with van der Waals surface area (Å²) in [5.74, 6) is 1.79. The van der Waals surface area contributed by atoms with Crippen LogP contribution in [0.4, 0.5) is 0 Å². The predicted molar refractivity (Wildman–Crippen MR) is 78.0 cm³/mol. The van der Waals surface area contributed by atoms with E-state index < -0.39 is 0 Å². The molecule has 4 heteroatoms. The normalized spacial score (nSPS) is 18.3. The third-order valence-corrected chi connectivity index (χ3v) is 4.18. The van der Waals surface area contributed by atoms with Crippen molar-refractivity contribution < 1.29 is 0 Å². The number of aromatic nitrogens is 3. The molecule has 1 aromatic rings. The molecule has 2 rings (SSSR count). The van der Waals surface area contributed by atoms with E-state index in [9.17, 15) is 0 Å². The van der Waals surface area contributed by atoms with Gasteiger partial charge < -0.3 is 5.32 Å². The molecule has 1 aliphatic rings. The Hall–Kier alpha value is -0.900. The van der Waals surface area contributed by atoms with Gasteiger partial charge in [0.1, 0.15) is 12.2 Å². The molecule has 0 bridgehead atoms. The van der Waals surface area contributed by atoms with Gasteiger partial charge in [0.05, 0.1) is 0 Å². The van der Waals surface area contributed by atoms with Crippen molar-refractivity contribution in [3.63, 3.8) is 0 Å². The van der Waals surface area contributed by atoms with Gasteiger partial charge in [-0.2, -0.15) is 5.10 Å². The first-order valence-electron chi connectivity index (χ1n) is 7.72. The van der Waals surface area contributed by atoms with Crippen molar-refractivity contribution in [1.82, 2.24) is 20.1 Å².